The van der Waals surface area contributed by atoms with Crippen LogP contribution in [0, 0.1) is 0 Å². The van der Waals surface area contributed by atoms with Crippen LogP contribution in [0.2, 0.25) is 0 Å². The average molecular weight is 220 g/mol. The van der Waals surface area contributed by atoms with E-state index in [4.69, 9.17) is 14.9 Å². The fourth-order valence-corrected chi connectivity index (χ4v) is 1.72. The van der Waals surface area contributed by atoms with Crippen molar-refractivity contribution in [3.8, 4) is 0 Å². The third-order valence-corrected chi connectivity index (χ3v) is 2.24. The van der Waals surface area contributed by atoms with E-state index in [1.807, 2.05) is 0 Å². The highest BCUT2D eigenvalue weighted by Gasteiger charge is 2.42. The quantitative estimate of drug-likeness (QED) is 0.596. The topological polar surface area (TPSA) is 104 Å². The molecule has 1 aliphatic rings. The zero-order valence-corrected chi connectivity index (χ0v) is 7.92. The summed E-state index contributed by atoms with van der Waals surface area (Å²) in [6.07, 6.45) is 5.40. The number of phosphoric acid groups is 1. The van der Waals surface area contributed by atoms with Crippen molar-refractivity contribution in [1.29, 1.82) is 0 Å². The van der Waals surface area contributed by atoms with Gasteiger partial charge in [0.25, 0.3) is 0 Å². The van der Waals surface area contributed by atoms with Crippen molar-refractivity contribution in [3.05, 3.63) is 24.3 Å². The molecule has 7 heteroatoms. The Morgan fingerprint density at radius 1 is 1.43 bits per heavy atom. The maximum absolute atomic E-state index is 10.8. The van der Waals surface area contributed by atoms with E-state index in [-0.39, 0.29) is 6.42 Å². The zero-order chi connectivity index (χ0) is 10.8. The molecule has 1 rings (SSSR count). The van der Waals surface area contributed by atoms with Gasteiger partial charge in [0.05, 0.1) is 0 Å². The van der Waals surface area contributed by atoms with Gasteiger partial charge in [0, 0.05) is 6.42 Å². The smallest absolute Gasteiger partial charge is 0.471 e. The molecule has 6 nitrogen and oxygen atoms in total. The lowest BCUT2D eigenvalue weighted by Crippen LogP contribution is -2.39. The standard InChI is InChI=1S/C7H9O6P/c8-6(9)7(13-14(10,11)12)4-2-1-3-5-7/h1-4H,5H2,(H,8,9)(H2,10,11,12). The number of carboxylic acids is 1. The Morgan fingerprint density at radius 2 is 2.07 bits per heavy atom. The van der Waals surface area contributed by atoms with Gasteiger partial charge < -0.3 is 14.9 Å². The molecule has 1 aliphatic carbocycles. The van der Waals surface area contributed by atoms with Gasteiger partial charge in [-0.25, -0.2) is 9.36 Å². The van der Waals surface area contributed by atoms with Crippen molar-refractivity contribution < 1.29 is 28.8 Å². The predicted octanol–water partition coefficient (Wildman–Crippen LogP) is 0.435. The maximum atomic E-state index is 10.8. The predicted molar refractivity (Wildman–Crippen MR) is 46.4 cm³/mol. The van der Waals surface area contributed by atoms with Gasteiger partial charge in [-0.05, 0) is 6.08 Å². The zero-order valence-electron chi connectivity index (χ0n) is 7.03. The van der Waals surface area contributed by atoms with Crippen molar-refractivity contribution in [3.63, 3.8) is 0 Å². The molecular weight excluding hydrogens is 211 g/mol. The van der Waals surface area contributed by atoms with E-state index in [0.717, 1.165) is 6.08 Å². The first-order chi connectivity index (χ1) is 6.36. The fraction of sp³-hybridized carbons (Fsp3) is 0.286. The second kappa shape index (κ2) is 3.67. The van der Waals surface area contributed by atoms with Crippen molar-refractivity contribution in [1.82, 2.24) is 0 Å². The summed E-state index contributed by atoms with van der Waals surface area (Å²) in [6.45, 7) is 0. The monoisotopic (exact) mass is 220 g/mol. The average Bonchev–Trinajstić information content (AvgIpc) is 2.02. The molecule has 14 heavy (non-hydrogen) atoms. The molecule has 0 heterocycles. The molecule has 0 aromatic heterocycles. The molecule has 0 bridgehead atoms. The molecule has 0 spiro atoms. The van der Waals surface area contributed by atoms with Gasteiger partial charge in [-0.2, -0.15) is 0 Å². The number of allylic oxidation sites excluding steroid dienone is 2. The summed E-state index contributed by atoms with van der Waals surface area (Å²) in [5.74, 6) is -1.43. The van der Waals surface area contributed by atoms with E-state index >= 15 is 0 Å². The van der Waals surface area contributed by atoms with E-state index in [1.165, 1.54) is 12.2 Å². The number of aliphatic carboxylic acids is 1. The Morgan fingerprint density at radius 3 is 2.43 bits per heavy atom. The molecule has 1 atom stereocenters. The molecule has 0 aromatic rings. The van der Waals surface area contributed by atoms with Crippen LogP contribution in [0.3, 0.4) is 0 Å². The summed E-state index contributed by atoms with van der Waals surface area (Å²) in [6, 6.07) is 0. The van der Waals surface area contributed by atoms with Crippen LogP contribution < -0.4 is 0 Å². The number of hydrogen-bond donors (Lipinski definition) is 3. The van der Waals surface area contributed by atoms with Gasteiger partial charge >= 0.3 is 13.8 Å². The van der Waals surface area contributed by atoms with E-state index in [2.05, 4.69) is 4.52 Å². The Bertz CT molecular complexity index is 340. The van der Waals surface area contributed by atoms with Gasteiger partial charge in [0.1, 0.15) is 0 Å². The summed E-state index contributed by atoms with van der Waals surface area (Å²) in [4.78, 5) is 27.9. The van der Waals surface area contributed by atoms with Crippen LogP contribution in [-0.2, 0) is 13.9 Å². The van der Waals surface area contributed by atoms with Gasteiger partial charge in [-0.15, -0.1) is 0 Å². The van der Waals surface area contributed by atoms with Crippen molar-refractivity contribution in [2.75, 3.05) is 0 Å². The largest absolute Gasteiger partial charge is 0.479 e. The minimum absolute atomic E-state index is 0.107. The second-order valence-electron chi connectivity index (χ2n) is 2.77. The highest BCUT2D eigenvalue weighted by molar-refractivity contribution is 7.46. The Labute approximate surface area is 79.8 Å². The number of rotatable bonds is 3. The lowest BCUT2D eigenvalue weighted by Gasteiger charge is -2.26. The molecule has 78 valence electrons. The number of phosphoric ester groups is 1. The normalized spacial score (nSPS) is 26.4. The van der Waals surface area contributed by atoms with Crippen LogP contribution in [0.5, 0.6) is 0 Å². The Hall–Kier alpha value is -0.940. The van der Waals surface area contributed by atoms with Gasteiger partial charge in [0.2, 0.25) is 0 Å². The SMILES string of the molecule is O=C(O)C1(OP(=O)(O)O)C=CC=CC1. The maximum Gasteiger partial charge on any atom is 0.471 e. The minimum Gasteiger partial charge on any atom is -0.479 e. The minimum atomic E-state index is -4.82. The summed E-state index contributed by atoms with van der Waals surface area (Å²) in [7, 11) is -4.82. The highest BCUT2D eigenvalue weighted by atomic mass is 31.2. The van der Waals surface area contributed by atoms with Crippen LogP contribution >= 0.6 is 7.82 Å². The van der Waals surface area contributed by atoms with E-state index in [9.17, 15) is 9.36 Å². The molecule has 0 aromatic carbocycles. The molecule has 0 aliphatic heterocycles. The van der Waals surface area contributed by atoms with E-state index < -0.39 is 19.4 Å². The van der Waals surface area contributed by atoms with Gasteiger partial charge in [-0.3, -0.25) is 4.52 Å². The third-order valence-electron chi connectivity index (χ3n) is 1.68. The molecule has 0 fully saturated rings. The molecule has 0 radical (unpaired) electrons. The van der Waals surface area contributed by atoms with Crippen LogP contribution in [0.4, 0.5) is 0 Å². The molecule has 3 N–H and O–H groups in total. The fourth-order valence-electron chi connectivity index (χ4n) is 1.08. The number of carbonyl (C=O) groups is 1. The van der Waals surface area contributed by atoms with Crippen LogP contribution in [0.15, 0.2) is 24.3 Å². The van der Waals surface area contributed by atoms with Gasteiger partial charge in [-0.1, -0.05) is 18.2 Å². The summed E-state index contributed by atoms with van der Waals surface area (Å²) < 4.78 is 14.8. The van der Waals surface area contributed by atoms with Crippen molar-refractivity contribution in [2.24, 2.45) is 0 Å². The van der Waals surface area contributed by atoms with Crippen LogP contribution in [0.1, 0.15) is 6.42 Å². The van der Waals surface area contributed by atoms with Crippen molar-refractivity contribution >= 4 is 13.8 Å². The number of carboxylic acid groups (broad SMARTS) is 1. The summed E-state index contributed by atoms with van der Waals surface area (Å²) in [5, 5.41) is 8.80. The lowest BCUT2D eigenvalue weighted by molar-refractivity contribution is -0.152. The number of hydrogen-bond acceptors (Lipinski definition) is 3. The molecule has 0 saturated heterocycles. The Balaban J connectivity index is 2.95. The highest BCUT2D eigenvalue weighted by Crippen LogP contribution is 2.44. The molecule has 1 unspecified atom stereocenters. The molecule has 0 amide bonds. The van der Waals surface area contributed by atoms with Gasteiger partial charge in [0.15, 0.2) is 5.60 Å². The third kappa shape index (κ3) is 2.52. The van der Waals surface area contributed by atoms with Crippen LogP contribution in [-0.4, -0.2) is 26.5 Å². The first-order valence-corrected chi connectivity index (χ1v) is 5.23. The Kier molecular flexibility index (Phi) is 2.92. The van der Waals surface area contributed by atoms with E-state index in [0.29, 0.717) is 0 Å². The molecule has 0 saturated carbocycles. The lowest BCUT2D eigenvalue weighted by atomic mass is 9.96. The second-order valence-corrected chi connectivity index (χ2v) is 3.93. The summed E-state index contributed by atoms with van der Waals surface area (Å²) >= 11 is 0. The van der Waals surface area contributed by atoms with Crippen LogP contribution in [0.25, 0.3) is 0 Å². The molecular formula is C7H9O6P. The van der Waals surface area contributed by atoms with E-state index in [1.54, 1.807) is 6.08 Å². The first-order valence-electron chi connectivity index (χ1n) is 3.70. The summed E-state index contributed by atoms with van der Waals surface area (Å²) in [5.41, 5.74) is -1.95. The first kappa shape index (κ1) is 11.1. The van der Waals surface area contributed by atoms with Crippen molar-refractivity contribution in [2.45, 2.75) is 12.0 Å².